The number of nitrogens with one attached hydrogen (secondary N) is 1. The van der Waals surface area contributed by atoms with Gasteiger partial charge >= 0.3 is 0 Å². The Morgan fingerprint density at radius 2 is 2.05 bits per heavy atom. The first kappa shape index (κ1) is 15.2. The number of rotatable bonds is 4. The van der Waals surface area contributed by atoms with E-state index in [1.165, 1.54) is 0 Å². The van der Waals surface area contributed by atoms with Crippen LogP contribution in [0.1, 0.15) is 22.8 Å². The van der Waals surface area contributed by atoms with Crippen molar-refractivity contribution in [2.24, 2.45) is 0 Å². The summed E-state index contributed by atoms with van der Waals surface area (Å²) >= 11 is 5.93. The second-order valence-electron chi connectivity index (χ2n) is 4.62. The third-order valence-corrected chi connectivity index (χ3v) is 3.28. The van der Waals surface area contributed by atoms with Gasteiger partial charge in [-0.15, -0.1) is 0 Å². The van der Waals surface area contributed by atoms with E-state index in [9.17, 15) is 4.79 Å². The molecule has 4 nitrogen and oxygen atoms in total. The highest BCUT2D eigenvalue weighted by atomic mass is 35.5. The van der Waals surface area contributed by atoms with Gasteiger partial charge in [-0.2, -0.15) is 0 Å². The first-order valence-corrected chi connectivity index (χ1v) is 6.99. The molecule has 2 aromatic carbocycles. The highest BCUT2D eigenvalue weighted by Gasteiger charge is 2.11. The molecule has 21 heavy (non-hydrogen) atoms. The van der Waals surface area contributed by atoms with Gasteiger partial charge < -0.3 is 15.8 Å². The van der Waals surface area contributed by atoms with Crippen LogP contribution in [-0.2, 0) is 0 Å². The van der Waals surface area contributed by atoms with Gasteiger partial charge in [-0.25, -0.2) is 0 Å². The molecule has 0 aliphatic rings. The highest BCUT2D eigenvalue weighted by Crippen LogP contribution is 2.27. The van der Waals surface area contributed by atoms with Crippen LogP contribution in [-0.4, -0.2) is 12.5 Å². The van der Waals surface area contributed by atoms with Gasteiger partial charge in [0, 0.05) is 5.56 Å². The zero-order valence-electron chi connectivity index (χ0n) is 11.9. The molecule has 0 spiro atoms. The van der Waals surface area contributed by atoms with E-state index in [-0.39, 0.29) is 5.91 Å². The molecule has 0 aliphatic carbocycles. The number of hydrogen-bond acceptors (Lipinski definition) is 3. The van der Waals surface area contributed by atoms with E-state index in [1.54, 1.807) is 18.2 Å². The lowest BCUT2D eigenvalue weighted by Crippen LogP contribution is -2.13. The van der Waals surface area contributed by atoms with Crippen LogP contribution >= 0.6 is 11.6 Å². The lowest BCUT2D eigenvalue weighted by atomic mass is 10.1. The summed E-state index contributed by atoms with van der Waals surface area (Å²) in [4.78, 5) is 12.3. The molecule has 0 radical (unpaired) electrons. The van der Waals surface area contributed by atoms with Crippen molar-refractivity contribution in [2.75, 3.05) is 17.7 Å². The first-order chi connectivity index (χ1) is 10.0. The molecule has 0 atom stereocenters. The topological polar surface area (TPSA) is 64.3 Å². The van der Waals surface area contributed by atoms with Crippen LogP contribution in [0.3, 0.4) is 0 Å². The standard InChI is InChI=1S/C16H17ClN2O2/c1-3-21-15-8-10(2)4-7-14(15)19-16(20)11-5-6-13(18)12(17)9-11/h4-9H,3,18H2,1-2H3,(H,19,20). The van der Waals surface area contributed by atoms with Crippen molar-refractivity contribution in [3.05, 3.63) is 52.5 Å². The van der Waals surface area contributed by atoms with Gasteiger partial charge in [0.05, 0.1) is 23.0 Å². The van der Waals surface area contributed by atoms with Crippen molar-refractivity contribution >= 4 is 28.9 Å². The number of aryl methyl sites for hydroxylation is 1. The predicted octanol–water partition coefficient (Wildman–Crippen LogP) is 3.88. The van der Waals surface area contributed by atoms with Crippen LogP contribution in [0, 0.1) is 6.92 Å². The average Bonchev–Trinajstić information content (AvgIpc) is 2.45. The molecule has 0 aliphatic heterocycles. The summed E-state index contributed by atoms with van der Waals surface area (Å²) in [5, 5.41) is 3.18. The number of carbonyl (C=O) groups excluding carboxylic acids is 1. The number of carbonyl (C=O) groups is 1. The van der Waals surface area contributed by atoms with E-state index < -0.39 is 0 Å². The molecule has 0 saturated carbocycles. The molecule has 2 rings (SSSR count). The van der Waals surface area contributed by atoms with Crippen molar-refractivity contribution in [3.63, 3.8) is 0 Å². The molecule has 5 heteroatoms. The van der Waals surface area contributed by atoms with Gasteiger partial charge in [0.15, 0.2) is 0 Å². The van der Waals surface area contributed by atoms with Crippen LogP contribution < -0.4 is 15.8 Å². The van der Waals surface area contributed by atoms with Crippen molar-refractivity contribution in [3.8, 4) is 5.75 Å². The Bertz CT molecular complexity index is 671. The van der Waals surface area contributed by atoms with Gasteiger partial charge in [-0.1, -0.05) is 17.7 Å². The Kier molecular flexibility index (Phi) is 4.70. The fourth-order valence-electron chi connectivity index (χ4n) is 1.87. The number of anilines is 2. The summed E-state index contributed by atoms with van der Waals surface area (Å²) < 4.78 is 5.54. The van der Waals surface area contributed by atoms with Crippen LogP contribution in [0.4, 0.5) is 11.4 Å². The molecular formula is C16H17ClN2O2. The smallest absolute Gasteiger partial charge is 0.255 e. The predicted molar refractivity (Wildman–Crippen MR) is 86.2 cm³/mol. The van der Waals surface area contributed by atoms with Crippen LogP contribution in [0.2, 0.25) is 5.02 Å². The number of halogens is 1. The first-order valence-electron chi connectivity index (χ1n) is 6.61. The lowest BCUT2D eigenvalue weighted by molar-refractivity contribution is 0.102. The maximum Gasteiger partial charge on any atom is 0.255 e. The quantitative estimate of drug-likeness (QED) is 0.842. The fraction of sp³-hybridized carbons (Fsp3) is 0.188. The normalized spacial score (nSPS) is 10.2. The Morgan fingerprint density at radius 1 is 1.29 bits per heavy atom. The van der Waals surface area contributed by atoms with E-state index in [2.05, 4.69) is 5.32 Å². The molecule has 3 N–H and O–H groups in total. The summed E-state index contributed by atoms with van der Waals surface area (Å²) in [6.45, 7) is 4.39. The van der Waals surface area contributed by atoms with E-state index in [1.807, 2.05) is 32.0 Å². The number of nitrogens with two attached hydrogens (primary N) is 1. The molecule has 0 fully saturated rings. The summed E-state index contributed by atoms with van der Waals surface area (Å²) in [7, 11) is 0. The minimum Gasteiger partial charge on any atom is -0.492 e. The van der Waals surface area contributed by atoms with Crippen molar-refractivity contribution in [1.29, 1.82) is 0 Å². The third-order valence-electron chi connectivity index (χ3n) is 2.95. The van der Waals surface area contributed by atoms with Crippen LogP contribution in [0.15, 0.2) is 36.4 Å². The molecule has 1 amide bonds. The number of benzene rings is 2. The number of nitrogen functional groups attached to an aromatic ring is 1. The Hall–Kier alpha value is -2.20. The van der Waals surface area contributed by atoms with Crippen LogP contribution in [0.25, 0.3) is 0 Å². The summed E-state index contributed by atoms with van der Waals surface area (Å²) in [6.07, 6.45) is 0. The SMILES string of the molecule is CCOc1cc(C)ccc1NC(=O)c1ccc(N)c(Cl)c1. The number of amides is 1. The Balaban J connectivity index is 2.24. The summed E-state index contributed by atoms with van der Waals surface area (Å²) in [5.41, 5.74) is 8.21. The van der Waals surface area contributed by atoms with E-state index in [4.69, 9.17) is 22.1 Å². The summed E-state index contributed by atoms with van der Waals surface area (Å²) in [5.74, 6) is 0.383. The lowest BCUT2D eigenvalue weighted by Gasteiger charge is -2.12. The van der Waals surface area contributed by atoms with Crippen molar-refractivity contribution in [2.45, 2.75) is 13.8 Å². The molecule has 0 unspecified atom stereocenters. The third kappa shape index (κ3) is 3.67. The summed E-state index contributed by atoms with van der Waals surface area (Å²) in [6, 6.07) is 10.4. The average molecular weight is 305 g/mol. The number of ether oxygens (including phenoxy) is 1. The maximum atomic E-state index is 12.3. The molecular weight excluding hydrogens is 288 g/mol. The van der Waals surface area contributed by atoms with Gasteiger partial charge in [-0.05, 0) is 49.7 Å². The minimum atomic E-state index is -0.262. The molecule has 0 heterocycles. The van der Waals surface area contributed by atoms with Gasteiger partial charge in [0.1, 0.15) is 5.75 Å². The largest absolute Gasteiger partial charge is 0.492 e. The fourth-order valence-corrected chi connectivity index (χ4v) is 2.05. The Morgan fingerprint density at radius 3 is 2.71 bits per heavy atom. The van der Waals surface area contributed by atoms with E-state index in [0.717, 1.165) is 5.56 Å². The van der Waals surface area contributed by atoms with E-state index >= 15 is 0 Å². The second kappa shape index (κ2) is 6.50. The zero-order valence-corrected chi connectivity index (χ0v) is 12.7. The zero-order chi connectivity index (χ0) is 15.4. The van der Waals surface area contributed by atoms with Crippen molar-refractivity contribution < 1.29 is 9.53 Å². The monoisotopic (exact) mass is 304 g/mol. The van der Waals surface area contributed by atoms with Gasteiger partial charge in [0.2, 0.25) is 0 Å². The van der Waals surface area contributed by atoms with Crippen LogP contribution in [0.5, 0.6) is 5.75 Å². The Labute approximate surface area is 128 Å². The molecule has 0 bridgehead atoms. The second-order valence-corrected chi connectivity index (χ2v) is 5.03. The molecule has 0 saturated heterocycles. The molecule has 0 aromatic heterocycles. The highest BCUT2D eigenvalue weighted by molar-refractivity contribution is 6.33. The maximum absolute atomic E-state index is 12.3. The number of hydrogen-bond donors (Lipinski definition) is 2. The van der Waals surface area contributed by atoms with Crippen molar-refractivity contribution in [1.82, 2.24) is 0 Å². The van der Waals surface area contributed by atoms with Gasteiger partial charge in [-0.3, -0.25) is 4.79 Å². The molecule has 110 valence electrons. The molecule has 2 aromatic rings. The van der Waals surface area contributed by atoms with E-state index in [0.29, 0.717) is 34.3 Å². The van der Waals surface area contributed by atoms with Gasteiger partial charge in [0.25, 0.3) is 5.91 Å². The minimum absolute atomic E-state index is 0.262.